The standard InChI is InChI=1S/C10H27NO26P6/c1-3(12)11(4(2)13)10(37-43(29,30)31)8(35-41(23,24)25)6(33-39(17,18)19)5(32-38(14,15)16)7(34-40(20,21)22)9(10)36-42(26,27)28/h3-9,12-13H,1-2H3,(H2,14,15,16)(H2,17,18,19)(H2,20,21,22)(H2,23,24,25)(H2,26,27,28)(H2,29,30,31)/t3?,4?,5?,6-,7+,8-,9-,10?/m0/s1. The van der Waals surface area contributed by atoms with Gasteiger partial charge < -0.3 is 68.9 Å². The summed E-state index contributed by atoms with van der Waals surface area (Å²) in [7, 11) is -37.9. The van der Waals surface area contributed by atoms with Crippen LogP contribution in [0.5, 0.6) is 0 Å². The molecule has 0 radical (unpaired) electrons. The van der Waals surface area contributed by atoms with E-state index < -0.39 is 95.6 Å². The van der Waals surface area contributed by atoms with Crippen molar-refractivity contribution in [1.82, 2.24) is 4.90 Å². The van der Waals surface area contributed by atoms with Gasteiger partial charge in [0.25, 0.3) is 0 Å². The maximum absolute atomic E-state index is 12.2. The van der Waals surface area contributed by atoms with Crippen LogP contribution in [0.2, 0.25) is 0 Å². The van der Waals surface area contributed by atoms with E-state index in [1.807, 2.05) is 0 Å². The molecular formula is C10H27NO26P6. The Morgan fingerprint density at radius 3 is 0.953 bits per heavy atom. The second kappa shape index (κ2) is 14.0. The molecule has 0 aromatic heterocycles. The number of phosphoric acid groups is 6. The van der Waals surface area contributed by atoms with Gasteiger partial charge in [-0.05, 0) is 13.8 Å². The second-order valence-corrected chi connectivity index (χ2v) is 15.3. The third-order valence-corrected chi connectivity index (χ3v) is 7.90. The van der Waals surface area contributed by atoms with E-state index in [1.165, 1.54) is 0 Å². The van der Waals surface area contributed by atoms with Crippen molar-refractivity contribution in [3.05, 3.63) is 0 Å². The first-order valence-electron chi connectivity index (χ1n) is 10.3. The molecule has 8 atom stereocenters. The molecule has 1 fully saturated rings. The van der Waals surface area contributed by atoms with E-state index in [0.717, 1.165) is 0 Å². The molecule has 1 rings (SSSR count). The quantitative estimate of drug-likeness (QED) is 0.0561. The first kappa shape index (κ1) is 41.6. The number of nitrogens with zero attached hydrogens (tertiary/aromatic N) is 1. The molecule has 258 valence electrons. The normalized spacial score (nSPS) is 29.9. The van der Waals surface area contributed by atoms with Gasteiger partial charge in [0, 0.05) is 0 Å². The van der Waals surface area contributed by atoms with E-state index in [4.69, 9.17) is 0 Å². The molecule has 1 aliphatic rings. The largest absolute Gasteiger partial charge is 0.471 e. The Morgan fingerprint density at radius 2 is 0.744 bits per heavy atom. The van der Waals surface area contributed by atoms with Gasteiger partial charge in [0.15, 0.2) is 5.72 Å². The van der Waals surface area contributed by atoms with E-state index in [0.29, 0.717) is 13.8 Å². The van der Waals surface area contributed by atoms with Crippen LogP contribution in [0, 0.1) is 0 Å². The molecule has 0 aliphatic heterocycles. The van der Waals surface area contributed by atoms with Crippen LogP contribution >= 0.6 is 46.9 Å². The lowest BCUT2D eigenvalue weighted by Gasteiger charge is -2.59. The molecule has 0 aromatic carbocycles. The van der Waals surface area contributed by atoms with Crippen molar-refractivity contribution in [3.8, 4) is 0 Å². The smallest absolute Gasteiger partial charge is 0.379 e. The zero-order valence-electron chi connectivity index (χ0n) is 20.8. The van der Waals surface area contributed by atoms with E-state index in [1.54, 1.807) is 0 Å². The fourth-order valence-corrected chi connectivity index (χ4v) is 7.56. The Balaban J connectivity index is 4.68. The molecule has 0 spiro atoms. The highest BCUT2D eigenvalue weighted by Gasteiger charge is 2.73. The summed E-state index contributed by atoms with van der Waals surface area (Å²) in [6.07, 6.45) is -22.7. The Labute approximate surface area is 238 Å². The summed E-state index contributed by atoms with van der Waals surface area (Å²) in [6, 6.07) is 0. The van der Waals surface area contributed by atoms with Gasteiger partial charge in [0.1, 0.15) is 43.0 Å². The first-order chi connectivity index (χ1) is 18.7. The minimum atomic E-state index is -6.48. The van der Waals surface area contributed by atoms with Gasteiger partial charge in [0.05, 0.1) is 0 Å². The van der Waals surface area contributed by atoms with Gasteiger partial charge in [-0.15, -0.1) is 0 Å². The van der Waals surface area contributed by atoms with Gasteiger partial charge in [-0.25, -0.2) is 32.3 Å². The summed E-state index contributed by atoms with van der Waals surface area (Å²) in [6.45, 7) is 1.08. The molecule has 0 aromatic rings. The summed E-state index contributed by atoms with van der Waals surface area (Å²) in [5.74, 6) is 0. The molecule has 1 aliphatic carbocycles. The summed E-state index contributed by atoms with van der Waals surface area (Å²) < 4.78 is 97.4. The summed E-state index contributed by atoms with van der Waals surface area (Å²) >= 11 is 0. The lowest BCUT2D eigenvalue weighted by atomic mass is 9.78. The fraction of sp³-hybridized carbons (Fsp3) is 1.00. The second-order valence-electron chi connectivity index (χ2n) is 8.22. The summed E-state index contributed by atoms with van der Waals surface area (Å²) in [5, 5.41) is 20.8. The van der Waals surface area contributed by atoms with Gasteiger partial charge in [-0.2, -0.15) is 0 Å². The van der Waals surface area contributed by atoms with Crippen LogP contribution in [0.4, 0.5) is 0 Å². The predicted molar refractivity (Wildman–Crippen MR) is 126 cm³/mol. The lowest BCUT2D eigenvalue weighted by molar-refractivity contribution is -0.332. The SMILES string of the molecule is CC(O)N(C(C)O)C1(OP(=O)(O)O)[C@@H](OP(=O)(O)O)[C@H](OP(=O)(O)O)C(OP(=O)(O)O)[C@H](OP(=O)(O)O)[C@@H]1OP(=O)(O)O. The van der Waals surface area contributed by atoms with Crippen molar-refractivity contribution in [2.75, 3.05) is 0 Å². The highest BCUT2D eigenvalue weighted by molar-refractivity contribution is 7.47. The Bertz CT molecular complexity index is 1180. The molecule has 14 N–H and O–H groups in total. The molecule has 0 heterocycles. The number of aliphatic hydroxyl groups excluding tert-OH is 2. The van der Waals surface area contributed by atoms with E-state index in [2.05, 4.69) is 27.1 Å². The maximum Gasteiger partial charge on any atom is 0.471 e. The zero-order valence-corrected chi connectivity index (χ0v) is 26.2. The molecular weight excluding hydrogens is 736 g/mol. The van der Waals surface area contributed by atoms with Crippen LogP contribution in [-0.2, 0) is 54.5 Å². The van der Waals surface area contributed by atoms with Crippen molar-refractivity contribution in [1.29, 1.82) is 0 Å². The number of hydrogen-bond acceptors (Lipinski definition) is 15. The number of phosphoric ester groups is 6. The molecule has 4 unspecified atom stereocenters. The lowest BCUT2D eigenvalue weighted by Crippen LogP contribution is -2.80. The van der Waals surface area contributed by atoms with Gasteiger partial charge in [0.2, 0.25) is 0 Å². The van der Waals surface area contributed by atoms with Crippen LogP contribution in [-0.4, -0.2) is 123 Å². The average Bonchev–Trinajstić information content (AvgIpc) is 2.64. The highest BCUT2D eigenvalue weighted by Crippen LogP contribution is 2.61. The van der Waals surface area contributed by atoms with Crippen molar-refractivity contribution in [2.24, 2.45) is 0 Å². The van der Waals surface area contributed by atoms with Crippen molar-refractivity contribution in [3.63, 3.8) is 0 Å². The van der Waals surface area contributed by atoms with Crippen LogP contribution in [0.15, 0.2) is 0 Å². The molecule has 33 heteroatoms. The maximum atomic E-state index is 12.2. The van der Waals surface area contributed by atoms with E-state index >= 15 is 0 Å². The predicted octanol–water partition coefficient (Wildman–Crippen LogP) is -3.83. The first-order valence-corrected chi connectivity index (χ1v) is 19.5. The van der Waals surface area contributed by atoms with Crippen LogP contribution in [0.1, 0.15) is 13.8 Å². The third kappa shape index (κ3) is 12.9. The van der Waals surface area contributed by atoms with Crippen molar-refractivity contribution in [2.45, 2.75) is 62.5 Å². The number of hydrogen-bond donors (Lipinski definition) is 14. The molecule has 43 heavy (non-hydrogen) atoms. The fourth-order valence-electron chi connectivity index (χ4n) is 4.09. The van der Waals surface area contributed by atoms with Crippen LogP contribution < -0.4 is 0 Å². The zero-order chi connectivity index (χ0) is 34.4. The Morgan fingerprint density at radius 1 is 0.488 bits per heavy atom. The number of aliphatic hydroxyl groups is 2. The van der Waals surface area contributed by atoms with E-state index in [-0.39, 0.29) is 4.90 Å². The monoisotopic (exact) mass is 763 g/mol. The van der Waals surface area contributed by atoms with Gasteiger partial charge >= 0.3 is 46.9 Å². The molecule has 27 nitrogen and oxygen atoms in total. The number of rotatable bonds is 15. The summed E-state index contributed by atoms with van der Waals surface area (Å²) in [5.41, 5.74) is -4.32. The molecule has 0 saturated heterocycles. The summed E-state index contributed by atoms with van der Waals surface area (Å²) in [4.78, 5) is 114. The molecule has 1 saturated carbocycles. The van der Waals surface area contributed by atoms with Gasteiger partial charge in [-0.3, -0.25) is 27.1 Å². The highest BCUT2D eigenvalue weighted by atomic mass is 31.2. The third-order valence-electron chi connectivity index (χ3n) is 4.81. The van der Waals surface area contributed by atoms with Crippen LogP contribution in [0.25, 0.3) is 0 Å². The van der Waals surface area contributed by atoms with Crippen molar-refractivity contribution < 1.29 is 123 Å². The topological polar surface area (TPSA) is 444 Å². The average molecular weight is 763 g/mol. The van der Waals surface area contributed by atoms with Crippen LogP contribution in [0.3, 0.4) is 0 Å². The Hall–Kier alpha value is 0.540. The van der Waals surface area contributed by atoms with Gasteiger partial charge in [-0.1, -0.05) is 0 Å². The minimum absolute atomic E-state index is 0.341. The molecule has 0 bridgehead atoms. The van der Waals surface area contributed by atoms with Crippen molar-refractivity contribution >= 4 is 46.9 Å². The molecule has 0 amide bonds. The minimum Gasteiger partial charge on any atom is -0.379 e. The van der Waals surface area contributed by atoms with E-state index in [9.17, 15) is 96.3 Å². The Kier molecular flexibility index (Phi) is 13.5.